The van der Waals surface area contributed by atoms with Crippen molar-refractivity contribution in [3.05, 3.63) is 11.6 Å². The largest absolute Gasteiger partial charge is 0.346 e. The summed E-state index contributed by atoms with van der Waals surface area (Å²) in [7, 11) is 0. The number of piperazine rings is 1. The van der Waals surface area contributed by atoms with E-state index in [1.54, 1.807) is 11.3 Å². The van der Waals surface area contributed by atoms with Crippen molar-refractivity contribution < 1.29 is 0 Å². The van der Waals surface area contributed by atoms with Gasteiger partial charge in [0.05, 0.1) is 0 Å². The van der Waals surface area contributed by atoms with E-state index in [0.29, 0.717) is 0 Å². The van der Waals surface area contributed by atoms with E-state index in [2.05, 4.69) is 25.5 Å². The van der Waals surface area contributed by atoms with E-state index in [4.69, 9.17) is 0 Å². The van der Waals surface area contributed by atoms with Crippen molar-refractivity contribution >= 4 is 16.5 Å². The van der Waals surface area contributed by atoms with Gasteiger partial charge in [0.1, 0.15) is 0 Å². The third kappa shape index (κ3) is 3.68. The maximum absolute atomic E-state index is 4.40. The van der Waals surface area contributed by atoms with E-state index in [1.807, 2.05) is 6.20 Å². The Morgan fingerprint density at radius 2 is 2.16 bits per heavy atom. The summed E-state index contributed by atoms with van der Waals surface area (Å²) in [5.74, 6) is 0. The fourth-order valence-corrected chi connectivity index (χ4v) is 3.74. The van der Waals surface area contributed by atoms with Crippen molar-refractivity contribution in [2.75, 3.05) is 44.2 Å². The van der Waals surface area contributed by atoms with Gasteiger partial charge >= 0.3 is 0 Å². The third-order valence-corrected chi connectivity index (χ3v) is 5.10. The Morgan fingerprint density at radius 3 is 2.84 bits per heavy atom. The van der Waals surface area contributed by atoms with E-state index < -0.39 is 0 Å². The zero-order valence-electron chi connectivity index (χ0n) is 11.6. The molecule has 2 fully saturated rings. The molecule has 2 aliphatic rings. The SMILES string of the molecule is c1csc(N2CCN(CCC3CCCCN3)CC2)n1. The minimum absolute atomic E-state index is 0.769. The monoisotopic (exact) mass is 280 g/mol. The van der Waals surface area contributed by atoms with Crippen LogP contribution in [0.5, 0.6) is 0 Å². The number of nitrogens with zero attached hydrogens (tertiary/aromatic N) is 3. The first-order valence-corrected chi connectivity index (χ1v) is 8.40. The highest BCUT2D eigenvalue weighted by atomic mass is 32.1. The molecule has 0 aromatic carbocycles. The smallest absolute Gasteiger partial charge is 0.185 e. The number of hydrogen-bond acceptors (Lipinski definition) is 5. The maximum atomic E-state index is 4.40. The Kier molecular flexibility index (Phi) is 4.69. The standard InChI is InChI=1S/C14H24N4S/c1-2-5-15-13(3-1)4-7-17-8-10-18(11-9-17)14-16-6-12-19-14/h6,12-13,15H,1-5,7-11H2. The highest BCUT2D eigenvalue weighted by Gasteiger charge is 2.20. The molecule has 0 saturated carbocycles. The minimum atomic E-state index is 0.769. The van der Waals surface area contributed by atoms with Crippen LogP contribution in [-0.2, 0) is 0 Å². The van der Waals surface area contributed by atoms with Crippen molar-refractivity contribution in [3.8, 4) is 0 Å². The van der Waals surface area contributed by atoms with Gasteiger partial charge < -0.3 is 10.2 Å². The van der Waals surface area contributed by atoms with Gasteiger partial charge in [-0.1, -0.05) is 6.42 Å². The predicted octanol–water partition coefficient (Wildman–Crippen LogP) is 1.80. The first-order valence-electron chi connectivity index (χ1n) is 7.52. The van der Waals surface area contributed by atoms with Crippen LogP contribution in [0.1, 0.15) is 25.7 Å². The molecule has 19 heavy (non-hydrogen) atoms. The molecule has 0 radical (unpaired) electrons. The van der Waals surface area contributed by atoms with E-state index in [0.717, 1.165) is 19.1 Å². The molecule has 1 unspecified atom stereocenters. The Hall–Kier alpha value is -0.650. The van der Waals surface area contributed by atoms with Gasteiger partial charge in [0, 0.05) is 43.8 Å². The van der Waals surface area contributed by atoms with E-state index in [1.165, 1.54) is 57.0 Å². The number of hydrogen-bond donors (Lipinski definition) is 1. The summed E-state index contributed by atoms with van der Waals surface area (Å²) in [6, 6.07) is 0.769. The second kappa shape index (κ2) is 6.68. The molecular weight excluding hydrogens is 256 g/mol. The normalized spacial score (nSPS) is 25.7. The van der Waals surface area contributed by atoms with Gasteiger partial charge in [-0.25, -0.2) is 4.98 Å². The van der Waals surface area contributed by atoms with Gasteiger partial charge in [0.2, 0.25) is 0 Å². The summed E-state index contributed by atoms with van der Waals surface area (Å²) in [5.41, 5.74) is 0. The highest BCUT2D eigenvalue weighted by molar-refractivity contribution is 7.13. The van der Waals surface area contributed by atoms with Crippen LogP contribution in [0, 0.1) is 0 Å². The second-order valence-corrected chi connectivity index (χ2v) is 6.45. The first-order chi connectivity index (χ1) is 9.42. The lowest BCUT2D eigenvalue weighted by atomic mass is 10.0. The number of rotatable bonds is 4. The average molecular weight is 280 g/mol. The molecule has 3 rings (SSSR count). The first kappa shape index (κ1) is 13.3. The molecule has 2 aliphatic heterocycles. The molecule has 0 amide bonds. The lowest BCUT2D eigenvalue weighted by molar-refractivity contribution is 0.234. The van der Waals surface area contributed by atoms with Crippen LogP contribution < -0.4 is 10.2 Å². The summed E-state index contributed by atoms with van der Waals surface area (Å²) >= 11 is 1.75. The molecule has 1 aromatic rings. The van der Waals surface area contributed by atoms with Gasteiger partial charge in [-0.3, -0.25) is 4.90 Å². The van der Waals surface area contributed by atoms with Gasteiger partial charge in [-0.2, -0.15) is 0 Å². The fraction of sp³-hybridized carbons (Fsp3) is 0.786. The van der Waals surface area contributed by atoms with Crippen LogP contribution in [0.4, 0.5) is 5.13 Å². The van der Waals surface area contributed by atoms with Crippen molar-refractivity contribution in [2.24, 2.45) is 0 Å². The van der Waals surface area contributed by atoms with Crippen molar-refractivity contribution in [1.29, 1.82) is 0 Å². The lowest BCUT2D eigenvalue weighted by Gasteiger charge is -2.35. The molecular formula is C14H24N4S. The quantitative estimate of drug-likeness (QED) is 0.911. The zero-order chi connectivity index (χ0) is 12.9. The predicted molar refractivity (Wildman–Crippen MR) is 81.0 cm³/mol. The Balaban J connectivity index is 1.38. The summed E-state index contributed by atoms with van der Waals surface area (Å²) in [6.07, 6.45) is 7.37. The summed E-state index contributed by atoms with van der Waals surface area (Å²) in [5, 5.41) is 6.90. The summed E-state index contributed by atoms with van der Waals surface area (Å²) in [6.45, 7) is 7.11. The molecule has 1 atom stereocenters. The zero-order valence-corrected chi connectivity index (χ0v) is 12.4. The third-order valence-electron chi connectivity index (χ3n) is 4.27. The van der Waals surface area contributed by atoms with Gasteiger partial charge in [0.15, 0.2) is 5.13 Å². The maximum Gasteiger partial charge on any atom is 0.185 e. The topological polar surface area (TPSA) is 31.4 Å². The second-order valence-electron chi connectivity index (χ2n) is 5.58. The Labute approximate surface area is 119 Å². The van der Waals surface area contributed by atoms with Crippen LogP contribution in [0.2, 0.25) is 0 Å². The minimum Gasteiger partial charge on any atom is -0.346 e. The van der Waals surface area contributed by atoms with Crippen LogP contribution in [-0.4, -0.2) is 55.2 Å². The van der Waals surface area contributed by atoms with Crippen molar-refractivity contribution in [1.82, 2.24) is 15.2 Å². The van der Waals surface area contributed by atoms with Crippen molar-refractivity contribution in [3.63, 3.8) is 0 Å². The highest BCUT2D eigenvalue weighted by Crippen LogP contribution is 2.19. The molecule has 0 spiro atoms. The van der Waals surface area contributed by atoms with Gasteiger partial charge in [0.25, 0.3) is 0 Å². The molecule has 5 heteroatoms. The lowest BCUT2D eigenvalue weighted by Crippen LogP contribution is -2.47. The number of anilines is 1. The van der Waals surface area contributed by atoms with E-state index >= 15 is 0 Å². The average Bonchev–Trinajstić information content (AvgIpc) is 3.01. The van der Waals surface area contributed by atoms with Crippen LogP contribution in [0.25, 0.3) is 0 Å². The Morgan fingerprint density at radius 1 is 1.26 bits per heavy atom. The fourth-order valence-electron chi connectivity index (χ4n) is 3.04. The number of piperidine rings is 1. The van der Waals surface area contributed by atoms with Gasteiger partial charge in [-0.15, -0.1) is 11.3 Å². The Bertz CT molecular complexity index is 354. The van der Waals surface area contributed by atoms with Gasteiger partial charge in [-0.05, 0) is 32.4 Å². The van der Waals surface area contributed by atoms with E-state index in [9.17, 15) is 0 Å². The van der Waals surface area contributed by atoms with E-state index in [-0.39, 0.29) is 0 Å². The van der Waals surface area contributed by atoms with Crippen LogP contribution >= 0.6 is 11.3 Å². The molecule has 1 aromatic heterocycles. The number of aromatic nitrogens is 1. The summed E-state index contributed by atoms with van der Waals surface area (Å²) in [4.78, 5) is 9.43. The van der Waals surface area contributed by atoms with Crippen LogP contribution in [0.3, 0.4) is 0 Å². The molecule has 1 N–H and O–H groups in total. The van der Waals surface area contributed by atoms with Crippen molar-refractivity contribution in [2.45, 2.75) is 31.7 Å². The van der Waals surface area contributed by atoms with Crippen LogP contribution in [0.15, 0.2) is 11.6 Å². The molecule has 106 valence electrons. The molecule has 0 bridgehead atoms. The molecule has 4 nitrogen and oxygen atoms in total. The molecule has 3 heterocycles. The number of nitrogens with one attached hydrogen (secondary N) is 1. The number of thiazole rings is 1. The summed E-state index contributed by atoms with van der Waals surface area (Å²) < 4.78 is 0. The molecule has 2 saturated heterocycles. The molecule has 0 aliphatic carbocycles.